The number of rotatable bonds is 6. The highest BCUT2D eigenvalue weighted by Crippen LogP contribution is 2.41. The summed E-state index contributed by atoms with van der Waals surface area (Å²) >= 11 is 1.28. The van der Waals surface area contributed by atoms with Crippen LogP contribution < -0.4 is 0 Å². The monoisotopic (exact) mass is 408 g/mol. The topological polar surface area (TPSA) is 9.23 Å². The molecule has 0 heterocycles. The van der Waals surface area contributed by atoms with Crippen molar-refractivity contribution in [3.05, 3.63) is 101 Å². The first-order valence-corrected chi connectivity index (χ1v) is 10.7. The zero-order valence-electron chi connectivity index (χ0n) is 17.8. The van der Waals surface area contributed by atoms with Crippen molar-refractivity contribution in [1.82, 2.24) is 0 Å². The minimum Gasteiger partial charge on any atom is -0.299 e. The van der Waals surface area contributed by atoms with Crippen LogP contribution in [-0.4, -0.2) is 0 Å². The van der Waals surface area contributed by atoms with Gasteiger partial charge in [0.2, 0.25) is 0 Å². The molecule has 3 aromatic rings. The van der Waals surface area contributed by atoms with E-state index in [0.717, 1.165) is 21.6 Å². The van der Waals surface area contributed by atoms with Gasteiger partial charge < -0.3 is 0 Å². The van der Waals surface area contributed by atoms with Gasteiger partial charge in [0.1, 0.15) is 6.10 Å². The Labute approximate surface area is 178 Å². The van der Waals surface area contributed by atoms with Gasteiger partial charge in [-0.2, -0.15) is 0 Å². The molecule has 0 aliphatic rings. The van der Waals surface area contributed by atoms with Crippen LogP contribution >= 0.6 is 12.0 Å². The minimum atomic E-state index is -1.25. The molecule has 3 aromatic carbocycles. The maximum atomic E-state index is 15.5. The van der Waals surface area contributed by atoms with E-state index < -0.39 is 12.3 Å². The van der Waals surface area contributed by atoms with Gasteiger partial charge in [-0.15, -0.1) is 0 Å². The summed E-state index contributed by atoms with van der Waals surface area (Å²) in [5, 5.41) is 0. The lowest BCUT2D eigenvalue weighted by atomic mass is 9.85. The summed E-state index contributed by atoms with van der Waals surface area (Å²) < 4.78 is 21.6. The highest BCUT2D eigenvalue weighted by molar-refractivity contribution is 7.94. The highest BCUT2D eigenvalue weighted by Gasteiger charge is 2.27. The Morgan fingerprint density at radius 2 is 1.28 bits per heavy atom. The van der Waals surface area contributed by atoms with Crippen LogP contribution in [0.5, 0.6) is 0 Å². The summed E-state index contributed by atoms with van der Waals surface area (Å²) in [5.41, 5.74) is 5.15. The largest absolute Gasteiger partial charge is 0.299 e. The summed E-state index contributed by atoms with van der Waals surface area (Å²) in [6, 6.07) is 23.3. The smallest absolute Gasteiger partial charge is 0.157 e. The molecule has 0 saturated carbocycles. The zero-order chi connectivity index (χ0) is 21.0. The molecule has 0 amide bonds. The van der Waals surface area contributed by atoms with E-state index in [1.165, 1.54) is 17.6 Å². The van der Waals surface area contributed by atoms with Gasteiger partial charge in [0.15, 0.2) is 6.17 Å². The third-order valence-electron chi connectivity index (χ3n) is 5.07. The summed E-state index contributed by atoms with van der Waals surface area (Å²) in [7, 11) is 0. The van der Waals surface area contributed by atoms with Crippen LogP contribution in [0.15, 0.2) is 77.7 Å². The molecule has 1 nitrogen and oxygen atoms in total. The van der Waals surface area contributed by atoms with Crippen molar-refractivity contribution < 1.29 is 8.57 Å². The van der Waals surface area contributed by atoms with Crippen molar-refractivity contribution in [1.29, 1.82) is 0 Å². The quantitative estimate of drug-likeness (QED) is 0.381. The van der Waals surface area contributed by atoms with Gasteiger partial charge in [0, 0.05) is 16.9 Å². The molecule has 2 atom stereocenters. The summed E-state index contributed by atoms with van der Waals surface area (Å²) in [5.74, 6) is 0. The van der Waals surface area contributed by atoms with Gasteiger partial charge in [-0.05, 0) is 47.1 Å². The first kappa shape index (κ1) is 21.6. The summed E-state index contributed by atoms with van der Waals surface area (Å²) in [6.45, 7) is 10.8. The SMILES string of the molecule is Cc1cc(C(C)(C)C)cc(C)c1SOC(c1ccccc1)C(F)c1ccccc1. The lowest BCUT2D eigenvalue weighted by Gasteiger charge is -2.24. The molecular weight excluding hydrogens is 379 g/mol. The maximum absolute atomic E-state index is 15.5. The van der Waals surface area contributed by atoms with E-state index in [1.807, 2.05) is 60.7 Å². The molecule has 3 rings (SSSR count). The third kappa shape index (κ3) is 5.29. The molecule has 0 radical (unpaired) electrons. The van der Waals surface area contributed by atoms with E-state index in [9.17, 15) is 0 Å². The molecule has 3 heteroatoms. The number of halogens is 1. The van der Waals surface area contributed by atoms with Crippen LogP contribution in [0, 0.1) is 13.8 Å². The summed E-state index contributed by atoms with van der Waals surface area (Å²) in [6.07, 6.45) is -1.94. The fourth-order valence-corrected chi connectivity index (χ4v) is 4.13. The lowest BCUT2D eigenvalue weighted by molar-refractivity contribution is 0.122. The van der Waals surface area contributed by atoms with Crippen LogP contribution in [0.1, 0.15) is 60.9 Å². The van der Waals surface area contributed by atoms with Crippen LogP contribution in [-0.2, 0) is 9.60 Å². The van der Waals surface area contributed by atoms with Crippen molar-refractivity contribution >= 4 is 12.0 Å². The van der Waals surface area contributed by atoms with Crippen molar-refractivity contribution in [3.8, 4) is 0 Å². The Bertz CT molecular complexity index is 909. The van der Waals surface area contributed by atoms with Gasteiger partial charge in [0.05, 0.1) is 0 Å². The van der Waals surface area contributed by atoms with Crippen LogP contribution in [0.2, 0.25) is 0 Å². The second kappa shape index (κ2) is 9.15. The van der Waals surface area contributed by atoms with E-state index in [2.05, 4.69) is 46.8 Å². The molecule has 0 aliphatic carbocycles. The Balaban J connectivity index is 1.88. The molecule has 0 fully saturated rings. The lowest BCUT2D eigenvalue weighted by Crippen LogP contribution is -2.12. The van der Waals surface area contributed by atoms with Crippen molar-refractivity contribution in [2.45, 2.75) is 57.2 Å². The number of hydrogen-bond acceptors (Lipinski definition) is 2. The van der Waals surface area contributed by atoms with E-state index in [4.69, 9.17) is 4.18 Å². The standard InChI is InChI=1S/C26H29FOS/c1-18-16-22(26(3,4)5)17-19(2)25(18)29-28-24(21-14-10-7-11-15-21)23(27)20-12-8-6-9-13-20/h6-17,23-24H,1-5H3. The van der Waals surface area contributed by atoms with Crippen LogP contribution in [0.25, 0.3) is 0 Å². The average Bonchev–Trinajstić information content (AvgIpc) is 2.70. The van der Waals surface area contributed by atoms with Crippen LogP contribution in [0.4, 0.5) is 4.39 Å². The highest BCUT2D eigenvalue weighted by atomic mass is 32.2. The number of hydrogen-bond donors (Lipinski definition) is 0. The van der Waals surface area contributed by atoms with Crippen molar-refractivity contribution in [3.63, 3.8) is 0 Å². The van der Waals surface area contributed by atoms with E-state index in [1.54, 1.807) is 0 Å². The maximum Gasteiger partial charge on any atom is 0.157 e. The molecule has 0 N–H and O–H groups in total. The molecule has 0 spiro atoms. The molecule has 152 valence electrons. The second-order valence-electron chi connectivity index (χ2n) is 8.51. The molecular formula is C26H29FOS. The Hall–Kier alpha value is -2.10. The van der Waals surface area contributed by atoms with E-state index in [0.29, 0.717) is 5.56 Å². The third-order valence-corrected chi connectivity index (χ3v) is 6.19. The first-order valence-electron chi connectivity index (χ1n) is 9.96. The molecule has 0 saturated heterocycles. The molecule has 0 aliphatic heterocycles. The fourth-order valence-electron chi connectivity index (χ4n) is 3.34. The van der Waals surface area contributed by atoms with Crippen LogP contribution in [0.3, 0.4) is 0 Å². The summed E-state index contributed by atoms with van der Waals surface area (Å²) in [4.78, 5) is 1.05. The molecule has 0 bridgehead atoms. The predicted octanol–water partition coefficient (Wildman–Crippen LogP) is 8.08. The van der Waals surface area contributed by atoms with Gasteiger partial charge in [0.25, 0.3) is 0 Å². The number of aryl methyl sites for hydroxylation is 2. The fraction of sp³-hybridized carbons (Fsp3) is 0.308. The average molecular weight is 409 g/mol. The zero-order valence-corrected chi connectivity index (χ0v) is 18.6. The van der Waals surface area contributed by atoms with Gasteiger partial charge in [-0.25, -0.2) is 4.39 Å². The molecule has 2 unspecified atom stereocenters. The Morgan fingerprint density at radius 1 is 0.793 bits per heavy atom. The number of alkyl halides is 1. The molecule has 0 aromatic heterocycles. The minimum absolute atomic E-state index is 0.0868. The van der Waals surface area contributed by atoms with Crippen molar-refractivity contribution in [2.75, 3.05) is 0 Å². The van der Waals surface area contributed by atoms with Gasteiger partial charge in [-0.1, -0.05) is 93.6 Å². The van der Waals surface area contributed by atoms with Crippen molar-refractivity contribution in [2.24, 2.45) is 0 Å². The van der Waals surface area contributed by atoms with Gasteiger partial charge in [-0.3, -0.25) is 4.18 Å². The first-order chi connectivity index (χ1) is 13.8. The van der Waals surface area contributed by atoms with E-state index in [-0.39, 0.29) is 5.41 Å². The Morgan fingerprint density at radius 3 is 1.76 bits per heavy atom. The second-order valence-corrected chi connectivity index (χ2v) is 9.28. The Kier molecular flexibility index (Phi) is 6.81. The van der Waals surface area contributed by atoms with E-state index >= 15 is 4.39 Å². The number of benzene rings is 3. The predicted molar refractivity (Wildman–Crippen MR) is 121 cm³/mol. The van der Waals surface area contributed by atoms with Gasteiger partial charge >= 0.3 is 0 Å². The normalized spacial score (nSPS) is 13.9. The molecule has 29 heavy (non-hydrogen) atoms.